The zero-order chi connectivity index (χ0) is 14.6. The molecule has 0 rings (SSSR count). The molecule has 8 nitrogen and oxygen atoms in total. The number of carboxylic acids is 1. The lowest BCUT2D eigenvalue weighted by Crippen LogP contribution is -2.44. The number of amides is 1. The molecule has 1 atom stereocenters. The summed E-state index contributed by atoms with van der Waals surface area (Å²) in [6.45, 7) is 4.85. The summed E-state index contributed by atoms with van der Waals surface area (Å²) >= 11 is 0. The molecular weight excluding hydrogens is 264 g/mol. The van der Waals surface area contributed by atoms with Crippen molar-refractivity contribution in [1.29, 1.82) is 0 Å². The third kappa shape index (κ3) is 8.76. The summed E-state index contributed by atoms with van der Waals surface area (Å²) in [6.07, 6.45) is -1.25. The summed E-state index contributed by atoms with van der Waals surface area (Å²) < 4.78 is 26.3. The molecule has 0 radical (unpaired) electrons. The fourth-order valence-corrected chi connectivity index (χ4v) is 1.55. The molecular formula is C9H18N2O6S. The van der Waals surface area contributed by atoms with E-state index in [1.807, 2.05) is 0 Å². The molecule has 0 aliphatic carbocycles. The number of sulfonamides is 1. The molecule has 0 heterocycles. The lowest BCUT2D eigenvalue weighted by Gasteiger charge is -2.21. The first-order chi connectivity index (χ1) is 7.91. The first-order valence-corrected chi connectivity index (χ1v) is 6.85. The van der Waals surface area contributed by atoms with Crippen LogP contribution >= 0.6 is 0 Å². The van der Waals surface area contributed by atoms with Gasteiger partial charge >= 0.3 is 12.1 Å². The van der Waals surface area contributed by atoms with Gasteiger partial charge in [0.05, 0.1) is 5.75 Å². The molecule has 0 saturated heterocycles. The van der Waals surface area contributed by atoms with Gasteiger partial charge in [-0.05, 0) is 27.2 Å². The van der Waals surface area contributed by atoms with Crippen LogP contribution in [0.15, 0.2) is 0 Å². The number of nitrogens with two attached hydrogens (primary N) is 1. The van der Waals surface area contributed by atoms with Crippen LogP contribution in [0, 0.1) is 0 Å². The van der Waals surface area contributed by atoms with Crippen LogP contribution < -0.4 is 10.5 Å². The summed E-state index contributed by atoms with van der Waals surface area (Å²) in [4.78, 5) is 22.1. The average Bonchev–Trinajstić information content (AvgIpc) is 2.06. The predicted molar refractivity (Wildman–Crippen MR) is 63.4 cm³/mol. The smallest absolute Gasteiger partial charge is 0.408 e. The van der Waals surface area contributed by atoms with Gasteiger partial charge in [0.1, 0.15) is 11.6 Å². The monoisotopic (exact) mass is 282 g/mol. The van der Waals surface area contributed by atoms with Crippen molar-refractivity contribution in [2.75, 3.05) is 5.75 Å². The van der Waals surface area contributed by atoms with E-state index in [4.69, 9.17) is 15.0 Å². The molecule has 0 spiro atoms. The molecule has 0 bridgehead atoms. The lowest BCUT2D eigenvalue weighted by atomic mass is 10.2. The van der Waals surface area contributed by atoms with E-state index in [2.05, 4.69) is 5.32 Å². The number of nitrogens with one attached hydrogen (secondary N) is 1. The second-order valence-corrected chi connectivity index (χ2v) is 6.43. The van der Waals surface area contributed by atoms with E-state index in [-0.39, 0.29) is 6.42 Å². The van der Waals surface area contributed by atoms with E-state index in [0.717, 1.165) is 0 Å². The van der Waals surface area contributed by atoms with Gasteiger partial charge in [0.2, 0.25) is 10.0 Å². The highest BCUT2D eigenvalue weighted by molar-refractivity contribution is 7.89. The zero-order valence-electron chi connectivity index (χ0n) is 10.5. The normalized spacial score (nSPS) is 13.8. The third-order valence-corrected chi connectivity index (χ3v) is 2.48. The highest BCUT2D eigenvalue weighted by Crippen LogP contribution is 2.07. The molecule has 0 aliphatic rings. The van der Waals surface area contributed by atoms with Crippen molar-refractivity contribution in [3.05, 3.63) is 0 Å². The van der Waals surface area contributed by atoms with Crippen molar-refractivity contribution < 1.29 is 27.9 Å². The number of alkyl carbamates (subject to hydrolysis) is 1. The highest BCUT2D eigenvalue weighted by atomic mass is 32.2. The Balaban J connectivity index is 4.46. The molecule has 0 aromatic carbocycles. The summed E-state index contributed by atoms with van der Waals surface area (Å²) in [5, 5.41) is 15.6. The van der Waals surface area contributed by atoms with E-state index in [9.17, 15) is 18.0 Å². The number of carbonyl (C=O) groups excluding carboxylic acids is 1. The Morgan fingerprint density at radius 2 is 1.89 bits per heavy atom. The first kappa shape index (κ1) is 16.6. The van der Waals surface area contributed by atoms with Gasteiger partial charge in [0.15, 0.2) is 0 Å². The molecule has 0 aromatic heterocycles. The van der Waals surface area contributed by atoms with Crippen LogP contribution in [0.5, 0.6) is 0 Å². The van der Waals surface area contributed by atoms with Gasteiger partial charge < -0.3 is 15.2 Å². The molecule has 9 heteroatoms. The second kappa shape index (κ2) is 6.01. The number of carboxylic acid groups (broad SMARTS) is 1. The van der Waals surface area contributed by atoms with Crippen LogP contribution in [0.25, 0.3) is 0 Å². The fourth-order valence-electron chi connectivity index (χ4n) is 0.989. The van der Waals surface area contributed by atoms with E-state index in [1.54, 1.807) is 20.8 Å². The van der Waals surface area contributed by atoms with Gasteiger partial charge in [-0.1, -0.05) is 0 Å². The minimum atomic E-state index is -3.78. The Bertz CT molecular complexity index is 411. The third-order valence-electron chi connectivity index (χ3n) is 1.68. The second-order valence-electron chi connectivity index (χ2n) is 4.69. The van der Waals surface area contributed by atoms with Gasteiger partial charge in [0.25, 0.3) is 0 Å². The van der Waals surface area contributed by atoms with Crippen LogP contribution in [-0.4, -0.2) is 43.0 Å². The van der Waals surface area contributed by atoms with Gasteiger partial charge in [0, 0.05) is 0 Å². The minimum Gasteiger partial charge on any atom is -0.480 e. The Hall–Kier alpha value is -1.35. The van der Waals surface area contributed by atoms with Gasteiger partial charge in [-0.3, -0.25) is 0 Å². The van der Waals surface area contributed by atoms with Crippen molar-refractivity contribution in [2.45, 2.75) is 38.8 Å². The summed E-state index contributed by atoms with van der Waals surface area (Å²) in [6, 6.07) is -1.36. The topological polar surface area (TPSA) is 136 Å². The van der Waals surface area contributed by atoms with Crippen molar-refractivity contribution >= 4 is 22.1 Å². The number of ether oxygens (including phenoxy) is 1. The van der Waals surface area contributed by atoms with Gasteiger partial charge in [-0.2, -0.15) is 0 Å². The summed E-state index contributed by atoms with van der Waals surface area (Å²) in [7, 11) is -3.78. The largest absolute Gasteiger partial charge is 0.480 e. The van der Waals surface area contributed by atoms with Crippen LogP contribution in [0.4, 0.5) is 4.79 Å². The van der Waals surface area contributed by atoms with E-state index in [1.165, 1.54) is 0 Å². The maximum atomic E-state index is 11.3. The summed E-state index contributed by atoms with van der Waals surface area (Å²) in [5.74, 6) is -1.90. The number of hydrogen-bond acceptors (Lipinski definition) is 5. The van der Waals surface area contributed by atoms with Gasteiger partial charge in [-0.25, -0.2) is 23.1 Å². The van der Waals surface area contributed by atoms with E-state index in [0.29, 0.717) is 0 Å². The maximum Gasteiger partial charge on any atom is 0.408 e. The van der Waals surface area contributed by atoms with Crippen molar-refractivity contribution in [3.8, 4) is 0 Å². The zero-order valence-corrected chi connectivity index (χ0v) is 11.3. The van der Waals surface area contributed by atoms with E-state index < -0.39 is 39.5 Å². The molecule has 0 aliphatic heterocycles. The lowest BCUT2D eigenvalue weighted by molar-refractivity contribution is -0.139. The summed E-state index contributed by atoms with van der Waals surface area (Å²) in [5.41, 5.74) is -0.771. The number of rotatable bonds is 5. The Morgan fingerprint density at radius 1 is 1.39 bits per heavy atom. The molecule has 1 amide bonds. The van der Waals surface area contributed by atoms with Crippen LogP contribution in [0.3, 0.4) is 0 Å². The maximum absolute atomic E-state index is 11.3. The number of primary sulfonamides is 1. The first-order valence-electron chi connectivity index (χ1n) is 5.13. The van der Waals surface area contributed by atoms with Crippen molar-refractivity contribution in [1.82, 2.24) is 5.32 Å². The van der Waals surface area contributed by atoms with Crippen LogP contribution in [0.1, 0.15) is 27.2 Å². The molecule has 18 heavy (non-hydrogen) atoms. The molecule has 1 unspecified atom stereocenters. The van der Waals surface area contributed by atoms with Gasteiger partial charge in [-0.15, -0.1) is 0 Å². The molecule has 0 fully saturated rings. The Morgan fingerprint density at radius 3 is 2.22 bits per heavy atom. The standard InChI is InChI=1S/C9H18N2O6S/c1-9(2,3)17-8(14)11-6(7(12)13)4-5-18(10,15)16/h6H,4-5H2,1-3H3,(H,11,14)(H,12,13)(H2,10,15,16). The van der Waals surface area contributed by atoms with E-state index >= 15 is 0 Å². The minimum absolute atomic E-state index is 0.326. The molecule has 4 N–H and O–H groups in total. The number of hydrogen-bond donors (Lipinski definition) is 3. The average molecular weight is 282 g/mol. The molecule has 0 saturated carbocycles. The Kier molecular flexibility index (Phi) is 5.55. The van der Waals surface area contributed by atoms with Crippen molar-refractivity contribution in [3.63, 3.8) is 0 Å². The van der Waals surface area contributed by atoms with Crippen LogP contribution in [-0.2, 0) is 19.6 Å². The quantitative estimate of drug-likeness (QED) is 0.630. The SMILES string of the molecule is CC(C)(C)OC(=O)NC(CCS(N)(=O)=O)C(=O)O. The van der Waals surface area contributed by atoms with Crippen molar-refractivity contribution in [2.24, 2.45) is 5.14 Å². The fraction of sp³-hybridized carbons (Fsp3) is 0.778. The predicted octanol–water partition coefficient (Wildman–Crippen LogP) is -0.357. The molecule has 0 aromatic rings. The number of aliphatic carboxylic acids is 1. The van der Waals surface area contributed by atoms with Crippen LogP contribution in [0.2, 0.25) is 0 Å². The Labute approximate surface area is 106 Å². The number of carbonyl (C=O) groups is 2. The highest BCUT2D eigenvalue weighted by Gasteiger charge is 2.24. The molecule has 106 valence electrons.